The van der Waals surface area contributed by atoms with Crippen LogP contribution < -0.4 is 15.4 Å². The van der Waals surface area contributed by atoms with Crippen LogP contribution in [0.1, 0.15) is 56.1 Å². The molecule has 9 nitrogen and oxygen atoms in total. The molecule has 0 aromatic heterocycles. The minimum atomic E-state index is -1.59. The molecule has 2 aliphatic rings. The largest absolute Gasteiger partial charge is 0.507 e. The smallest absolute Gasteiger partial charge is 0.239 e. The Labute approximate surface area is 185 Å². The molecular weight excluding hydrogens is 416 g/mol. The van der Waals surface area contributed by atoms with Gasteiger partial charge in [0.2, 0.25) is 5.91 Å². The molecule has 1 aliphatic heterocycles. The molecule has 0 saturated heterocycles. The maximum Gasteiger partial charge on any atom is 0.239 e. The predicted molar refractivity (Wildman–Crippen MR) is 115 cm³/mol. The van der Waals surface area contributed by atoms with Crippen LogP contribution in [0.3, 0.4) is 0 Å². The Bertz CT molecular complexity index is 1140. The van der Waals surface area contributed by atoms with E-state index in [1.165, 1.54) is 27.7 Å². The molecule has 1 aromatic rings. The van der Waals surface area contributed by atoms with E-state index in [9.17, 15) is 29.4 Å². The van der Waals surface area contributed by atoms with E-state index in [1.807, 2.05) is 13.8 Å². The minimum Gasteiger partial charge on any atom is -0.507 e. The summed E-state index contributed by atoms with van der Waals surface area (Å²) >= 11 is 0. The van der Waals surface area contributed by atoms with Crippen LogP contribution in [0.15, 0.2) is 23.1 Å². The summed E-state index contributed by atoms with van der Waals surface area (Å²) in [7, 11) is 0. The van der Waals surface area contributed by atoms with E-state index >= 15 is 0 Å². The van der Waals surface area contributed by atoms with E-state index < -0.39 is 34.3 Å². The van der Waals surface area contributed by atoms with Gasteiger partial charge in [0.15, 0.2) is 17.3 Å². The first-order chi connectivity index (χ1) is 14.8. The zero-order chi connectivity index (χ0) is 24.1. The number of allylic oxidation sites excluding steroid dienone is 4. The van der Waals surface area contributed by atoms with Gasteiger partial charge in [0.1, 0.15) is 34.0 Å². The maximum absolute atomic E-state index is 13.6. The third kappa shape index (κ3) is 3.34. The molecule has 4 N–H and O–H groups in total. The van der Waals surface area contributed by atoms with Crippen molar-refractivity contribution in [2.45, 2.75) is 53.0 Å². The van der Waals surface area contributed by atoms with Crippen molar-refractivity contribution in [1.29, 1.82) is 0 Å². The van der Waals surface area contributed by atoms with Crippen LogP contribution in [0.2, 0.25) is 0 Å². The molecule has 0 saturated carbocycles. The highest BCUT2D eigenvalue weighted by Gasteiger charge is 2.56. The van der Waals surface area contributed by atoms with Gasteiger partial charge in [-0.05, 0) is 41.5 Å². The number of phenolic OH excluding ortho intramolecular Hbond substituents is 2. The molecule has 0 bridgehead atoms. The fraction of sp³-hybridized carbons (Fsp3) is 0.391. The van der Waals surface area contributed by atoms with Gasteiger partial charge in [0, 0.05) is 23.4 Å². The van der Waals surface area contributed by atoms with Crippen LogP contribution in [-0.2, 0) is 19.8 Å². The van der Waals surface area contributed by atoms with E-state index in [0.29, 0.717) is 0 Å². The molecule has 0 spiro atoms. The molecule has 1 heterocycles. The Morgan fingerprint density at radius 3 is 2.34 bits per heavy atom. The molecule has 32 heavy (non-hydrogen) atoms. The average Bonchev–Trinajstić information content (AvgIpc) is 2.97. The average molecular weight is 442 g/mol. The lowest BCUT2D eigenvalue weighted by molar-refractivity contribution is -0.124. The number of phenols is 2. The summed E-state index contributed by atoms with van der Waals surface area (Å²) in [5, 5.41) is 26.7. The van der Waals surface area contributed by atoms with Gasteiger partial charge in [0.25, 0.3) is 0 Å². The van der Waals surface area contributed by atoms with E-state index in [-0.39, 0.29) is 58.0 Å². The van der Waals surface area contributed by atoms with E-state index in [0.717, 1.165) is 6.08 Å². The van der Waals surface area contributed by atoms with Gasteiger partial charge in [-0.1, -0.05) is 0 Å². The Hall–Kier alpha value is -3.62. The number of nitrogens with one attached hydrogen (secondary N) is 2. The highest BCUT2D eigenvalue weighted by atomic mass is 16.5. The van der Waals surface area contributed by atoms with Gasteiger partial charge >= 0.3 is 0 Å². The van der Waals surface area contributed by atoms with Crippen LogP contribution in [0.25, 0.3) is 0 Å². The Morgan fingerprint density at radius 1 is 1.16 bits per heavy atom. The number of ketones is 3. The number of carbonyl (C=O) groups excluding carboxylic acids is 4. The monoisotopic (exact) mass is 442 g/mol. The van der Waals surface area contributed by atoms with Crippen LogP contribution >= 0.6 is 0 Å². The molecule has 0 fully saturated rings. The number of ether oxygens (including phenoxy) is 1. The zero-order valence-corrected chi connectivity index (χ0v) is 18.8. The van der Waals surface area contributed by atoms with Gasteiger partial charge in [-0.3, -0.25) is 19.2 Å². The van der Waals surface area contributed by atoms with Gasteiger partial charge < -0.3 is 25.6 Å². The standard InChI is InChI=1S/C23H26N2O7/c1-9(2)25-15(28)8-24-11(4)16-13(27)7-14-23(6,22(16)31)18-20(30)10(3)19(29)17(12(5)26)21(18)32-14/h7,9,24,29-30H,8H2,1-6H3,(H,25,28)/b16-11+/t23-/m0/s1. The lowest BCUT2D eigenvalue weighted by atomic mass is 9.70. The van der Waals surface area contributed by atoms with E-state index in [1.54, 1.807) is 0 Å². The number of rotatable bonds is 5. The topological polar surface area (TPSA) is 142 Å². The summed E-state index contributed by atoms with van der Waals surface area (Å²) in [4.78, 5) is 50.5. The number of hydrogen-bond acceptors (Lipinski definition) is 8. The molecule has 1 atom stereocenters. The predicted octanol–water partition coefficient (Wildman–Crippen LogP) is 1.68. The highest BCUT2D eigenvalue weighted by Crippen LogP contribution is 2.57. The second-order valence-electron chi connectivity index (χ2n) is 8.46. The van der Waals surface area contributed by atoms with E-state index in [4.69, 9.17) is 4.74 Å². The second-order valence-corrected chi connectivity index (χ2v) is 8.46. The molecule has 3 rings (SSSR count). The van der Waals surface area contributed by atoms with Crippen molar-refractivity contribution in [2.75, 3.05) is 6.54 Å². The van der Waals surface area contributed by atoms with Crippen molar-refractivity contribution in [3.05, 3.63) is 39.8 Å². The zero-order valence-electron chi connectivity index (χ0n) is 18.8. The first-order valence-corrected chi connectivity index (χ1v) is 10.1. The lowest BCUT2D eigenvalue weighted by Gasteiger charge is -2.29. The maximum atomic E-state index is 13.6. The van der Waals surface area contributed by atoms with Crippen molar-refractivity contribution >= 4 is 23.3 Å². The number of hydrogen-bond donors (Lipinski definition) is 4. The second kappa shape index (κ2) is 7.81. The molecule has 170 valence electrons. The van der Waals surface area contributed by atoms with Gasteiger partial charge in [-0.25, -0.2) is 0 Å². The van der Waals surface area contributed by atoms with Gasteiger partial charge in [-0.2, -0.15) is 0 Å². The van der Waals surface area contributed by atoms with Crippen molar-refractivity contribution in [3.8, 4) is 17.2 Å². The first-order valence-electron chi connectivity index (χ1n) is 10.1. The number of Topliss-reactive ketones (excluding diaryl/α,β-unsaturated/α-hetero) is 2. The first kappa shape index (κ1) is 23.1. The number of fused-ring (bicyclic) bond motifs is 3. The fourth-order valence-electron chi connectivity index (χ4n) is 4.04. The van der Waals surface area contributed by atoms with Crippen molar-refractivity contribution in [2.24, 2.45) is 0 Å². The molecular formula is C23H26N2O7. The number of aromatic hydroxyl groups is 2. The molecule has 0 unspecified atom stereocenters. The third-order valence-corrected chi connectivity index (χ3v) is 5.72. The van der Waals surface area contributed by atoms with Crippen LogP contribution in [0.5, 0.6) is 17.2 Å². The Morgan fingerprint density at radius 2 is 1.78 bits per heavy atom. The molecule has 1 amide bonds. The fourth-order valence-corrected chi connectivity index (χ4v) is 4.04. The summed E-state index contributed by atoms with van der Waals surface area (Å²) < 4.78 is 5.71. The summed E-state index contributed by atoms with van der Waals surface area (Å²) in [6.07, 6.45) is 1.13. The van der Waals surface area contributed by atoms with E-state index in [2.05, 4.69) is 10.6 Å². The lowest BCUT2D eigenvalue weighted by Crippen LogP contribution is -2.42. The Kier molecular flexibility index (Phi) is 5.63. The molecule has 0 radical (unpaired) electrons. The summed E-state index contributed by atoms with van der Waals surface area (Å²) in [6.45, 7) is 9.11. The summed E-state index contributed by atoms with van der Waals surface area (Å²) in [6, 6.07) is -0.0650. The third-order valence-electron chi connectivity index (χ3n) is 5.72. The number of benzene rings is 1. The van der Waals surface area contributed by atoms with Crippen LogP contribution in [0.4, 0.5) is 0 Å². The molecule has 9 heteroatoms. The number of amides is 1. The molecule has 1 aliphatic carbocycles. The summed E-state index contributed by atoms with van der Waals surface area (Å²) in [5.74, 6) is -3.12. The highest BCUT2D eigenvalue weighted by molar-refractivity contribution is 6.31. The summed E-state index contributed by atoms with van der Waals surface area (Å²) in [5.41, 5.74) is -1.70. The van der Waals surface area contributed by atoms with Gasteiger partial charge in [-0.15, -0.1) is 0 Å². The minimum absolute atomic E-state index is 0.0181. The van der Waals surface area contributed by atoms with Crippen LogP contribution in [0, 0.1) is 6.92 Å². The van der Waals surface area contributed by atoms with Crippen molar-refractivity contribution in [1.82, 2.24) is 10.6 Å². The Balaban J connectivity index is 2.13. The normalized spacial score (nSPS) is 20.9. The van der Waals surface area contributed by atoms with Crippen molar-refractivity contribution in [3.63, 3.8) is 0 Å². The number of carbonyl (C=O) groups is 4. The van der Waals surface area contributed by atoms with Crippen LogP contribution in [-0.4, -0.2) is 46.1 Å². The van der Waals surface area contributed by atoms with Gasteiger partial charge in [0.05, 0.1) is 17.7 Å². The SMILES string of the molecule is CC(=O)c1c(O)c(C)c(O)c2c1OC1=CC(=O)/C(=C(/C)NCC(=O)NC(C)C)C(=O)[C@@]12C. The molecule has 1 aromatic carbocycles. The van der Waals surface area contributed by atoms with Crippen molar-refractivity contribution < 1.29 is 34.1 Å². The quantitative estimate of drug-likeness (QED) is 0.307.